The van der Waals surface area contributed by atoms with Crippen molar-refractivity contribution in [2.75, 3.05) is 0 Å². The third-order valence-electron chi connectivity index (χ3n) is 2.09. The standard InChI is InChI=1S/C10H7BrO3S/c11-8-5-1-3-7-4-2-6-9(10(7)8)15(12,13)14/h1-6H,(H,12,13,14). The normalized spacial score (nSPS) is 11.9. The fourth-order valence-corrected chi connectivity index (χ4v) is 2.94. The molecule has 15 heavy (non-hydrogen) atoms. The number of hydrogen-bond donors (Lipinski definition) is 1. The smallest absolute Gasteiger partial charge is 0.282 e. The molecule has 0 heterocycles. The molecule has 0 fully saturated rings. The van der Waals surface area contributed by atoms with Gasteiger partial charge in [0.15, 0.2) is 0 Å². The van der Waals surface area contributed by atoms with Gasteiger partial charge in [-0.1, -0.05) is 40.2 Å². The van der Waals surface area contributed by atoms with Crippen LogP contribution < -0.4 is 0 Å². The van der Waals surface area contributed by atoms with Gasteiger partial charge in [-0.2, -0.15) is 8.42 Å². The molecule has 0 unspecified atom stereocenters. The van der Waals surface area contributed by atoms with Crippen molar-refractivity contribution in [1.82, 2.24) is 0 Å². The number of fused-ring (bicyclic) bond motifs is 1. The number of hydrogen-bond acceptors (Lipinski definition) is 2. The van der Waals surface area contributed by atoms with Gasteiger partial charge in [0.2, 0.25) is 0 Å². The monoisotopic (exact) mass is 286 g/mol. The maximum Gasteiger partial charge on any atom is 0.295 e. The maximum absolute atomic E-state index is 11.1. The highest BCUT2D eigenvalue weighted by Gasteiger charge is 2.14. The summed E-state index contributed by atoms with van der Waals surface area (Å²) >= 11 is 3.26. The van der Waals surface area contributed by atoms with Gasteiger partial charge >= 0.3 is 0 Å². The van der Waals surface area contributed by atoms with Crippen LogP contribution in [0.3, 0.4) is 0 Å². The van der Waals surface area contributed by atoms with Crippen LogP contribution in [-0.2, 0) is 10.1 Å². The van der Waals surface area contributed by atoms with E-state index >= 15 is 0 Å². The van der Waals surface area contributed by atoms with Crippen LogP contribution >= 0.6 is 15.9 Å². The Hall–Kier alpha value is -0.910. The van der Waals surface area contributed by atoms with Gasteiger partial charge in [0, 0.05) is 9.86 Å². The van der Waals surface area contributed by atoms with E-state index in [1.807, 2.05) is 0 Å². The van der Waals surface area contributed by atoms with Crippen molar-refractivity contribution < 1.29 is 13.0 Å². The molecule has 0 radical (unpaired) electrons. The second-order valence-corrected chi connectivity index (χ2v) is 5.31. The van der Waals surface area contributed by atoms with Crippen LogP contribution in [0, 0.1) is 0 Å². The lowest BCUT2D eigenvalue weighted by molar-refractivity contribution is 0.484. The number of rotatable bonds is 1. The van der Waals surface area contributed by atoms with Crippen LogP contribution in [0.4, 0.5) is 0 Å². The molecule has 78 valence electrons. The lowest BCUT2D eigenvalue weighted by atomic mass is 10.1. The van der Waals surface area contributed by atoms with Crippen LogP contribution in [0.25, 0.3) is 10.8 Å². The van der Waals surface area contributed by atoms with E-state index in [-0.39, 0.29) is 4.90 Å². The highest BCUT2D eigenvalue weighted by Crippen LogP contribution is 2.29. The molecular formula is C10H7BrO3S. The largest absolute Gasteiger partial charge is 0.295 e. The third kappa shape index (κ3) is 1.90. The van der Waals surface area contributed by atoms with Crippen molar-refractivity contribution in [2.24, 2.45) is 0 Å². The van der Waals surface area contributed by atoms with E-state index < -0.39 is 10.1 Å². The summed E-state index contributed by atoms with van der Waals surface area (Å²) < 4.78 is 32.0. The maximum atomic E-state index is 11.1. The number of benzene rings is 2. The summed E-state index contributed by atoms with van der Waals surface area (Å²) in [7, 11) is -4.18. The summed E-state index contributed by atoms with van der Waals surface area (Å²) in [6.07, 6.45) is 0. The molecule has 1 N–H and O–H groups in total. The average molecular weight is 287 g/mol. The topological polar surface area (TPSA) is 54.4 Å². The Morgan fingerprint density at radius 1 is 1.07 bits per heavy atom. The molecule has 0 amide bonds. The summed E-state index contributed by atoms with van der Waals surface area (Å²) in [4.78, 5) is -0.0764. The highest BCUT2D eigenvalue weighted by atomic mass is 79.9. The molecule has 0 aliphatic rings. The summed E-state index contributed by atoms with van der Waals surface area (Å²) in [5.74, 6) is 0. The van der Waals surface area contributed by atoms with E-state index in [0.717, 1.165) is 5.39 Å². The summed E-state index contributed by atoms with van der Waals surface area (Å²) in [5.41, 5.74) is 0. The van der Waals surface area contributed by atoms with Gasteiger partial charge in [0.1, 0.15) is 4.90 Å². The van der Waals surface area contributed by atoms with E-state index in [2.05, 4.69) is 15.9 Å². The lowest BCUT2D eigenvalue weighted by Gasteiger charge is -2.05. The summed E-state index contributed by atoms with van der Waals surface area (Å²) in [6.45, 7) is 0. The molecule has 0 aliphatic heterocycles. The van der Waals surface area contributed by atoms with Gasteiger partial charge in [-0.05, 0) is 17.5 Å². The van der Waals surface area contributed by atoms with Crippen LogP contribution in [0.15, 0.2) is 45.8 Å². The van der Waals surface area contributed by atoms with Crippen molar-refractivity contribution in [3.05, 3.63) is 40.9 Å². The SMILES string of the molecule is O=S(=O)(O)c1cccc2cccc(Br)c12. The molecule has 5 heteroatoms. The Morgan fingerprint density at radius 2 is 1.67 bits per heavy atom. The Balaban J connectivity index is 2.99. The predicted octanol–water partition coefficient (Wildman–Crippen LogP) is 2.85. The van der Waals surface area contributed by atoms with Gasteiger partial charge < -0.3 is 0 Å². The van der Waals surface area contributed by atoms with Crippen molar-refractivity contribution in [3.8, 4) is 0 Å². The van der Waals surface area contributed by atoms with Crippen LogP contribution in [0.5, 0.6) is 0 Å². The lowest BCUT2D eigenvalue weighted by Crippen LogP contribution is -1.99. The van der Waals surface area contributed by atoms with Crippen molar-refractivity contribution in [1.29, 1.82) is 0 Å². The van der Waals surface area contributed by atoms with Crippen molar-refractivity contribution >= 4 is 36.8 Å². The summed E-state index contributed by atoms with van der Waals surface area (Å²) in [5, 5.41) is 1.27. The Bertz CT molecular complexity index is 614. The molecule has 0 spiro atoms. The van der Waals surface area contributed by atoms with E-state index in [1.54, 1.807) is 30.3 Å². The first-order chi connectivity index (χ1) is 7.00. The first-order valence-electron chi connectivity index (χ1n) is 4.15. The molecule has 0 saturated carbocycles. The fraction of sp³-hybridized carbons (Fsp3) is 0. The first kappa shape index (κ1) is 10.6. The number of halogens is 1. The highest BCUT2D eigenvalue weighted by molar-refractivity contribution is 9.10. The van der Waals surface area contributed by atoms with E-state index in [4.69, 9.17) is 4.55 Å². The minimum absolute atomic E-state index is 0.0764. The van der Waals surface area contributed by atoms with Gasteiger partial charge in [-0.15, -0.1) is 0 Å². The molecule has 0 saturated heterocycles. The second-order valence-electron chi connectivity index (χ2n) is 3.07. The third-order valence-corrected chi connectivity index (χ3v) is 3.65. The average Bonchev–Trinajstić information content (AvgIpc) is 2.16. The Morgan fingerprint density at radius 3 is 2.27 bits per heavy atom. The van der Waals surface area contributed by atoms with Crippen LogP contribution in [-0.4, -0.2) is 13.0 Å². The minimum Gasteiger partial charge on any atom is -0.282 e. The van der Waals surface area contributed by atoms with E-state index in [0.29, 0.717) is 9.86 Å². The molecule has 0 aliphatic carbocycles. The van der Waals surface area contributed by atoms with E-state index in [9.17, 15) is 8.42 Å². The summed E-state index contributed by atoms with van der Waals surface area (Å²) in [6, 6.07) is 10.1. The van der Waals surface area contributed by atoms with Crippen molar-refractivity contribution in [3.63, 3.8) is 0 Å². The fourth-order valence-electron chi connectivity index (χ4n) is 1.48. The quantitative estimate of drug-likeness (QED) is 0.820. The molecule has 2 aromatic rings. The van der Waals surface area contributed by atoms with E-state index in [1.165, 1.54) is 6.07 Å². The zero-order valence-corrected chi connectivity index (χ0v) is 9.92. The molecule has 0 bridgehead atoms. The Kier molecular flexibility index (Phi) is 2.54. The molecule has 0 aromatic heterocycles. The first-order valence-corrected chi connectivity index (χ1v) is 6.38. The Labute approximate surface area is 95.6 Å². The molecule has 3 nitrogen and oxygen atoms in total. The van der Waals surface area contributed by atoms with Gasteiger partial charge in [-0.3, -0.25) is 4.55 Å². The molecule has 2 aromatic carbocycles. The van der Waals surface area contributed by atoms with Gasteiger partial charge in [-0.25, -0.2) is 0 Å². The zero-order valence-electron chi connectivity index (χ0n) is 7.51. The van der Waals surface area contributed by atoms with Crippen LogP contribution in [0.1, 0.15) is 0 Å². The molecule has 2 rings (SSSR count). The molecule has 0 atom stereocenters. The van der Waals surface area contributed by atoms with Crippen molar-refractivity contribution in [2.45, 2.75) is 4.90 Å². The molecular weight excluding hydrogens is 280 g/mol. The van der Waals surface area contributed by atoms with Crippen LogP contribution in [0.2, 0.25) is 0 Å². The minimum atomic E-state index is -4.18. The predicted molar refractivity (Wildman–Crippen MR) is 61.5 cm³/mol. The van der Waals surface area contributed by atoms with Gasteiger partial charge in [0.05, 0.1) is 0 Å². The van der Waals surface area contributed by atoms with Gasteiger partial charge in [0.25, 0.3) is 10.1 Å². The second kappa shape index (κ2) is 3.59. The zero-order chi connectivity index (χ0) is 11.1.